The highest BCUT2D eigenvalue weighted by Crippen LogP contribution is 2.32. The number of hydrogen-bond acceptors (Lipinski definition) is 6. The Balaban J connectivity index is 1.60. The summed E-state index contributed by atoms with van der Waals surface area (Å²) in [4.78, 5) is 31.0. The molecule has 0 fully saturated rings. The van der Waals surface area contributed by atoms with Crippen LogP contribution in [0.15, 0.2) is 53.3 Å². The van der Waals surface area contributed by atoms with Crippen LogP contribution in [-0.2, 0) is 24.2 Å². The molecule has 184 valence electrons. The van der Waals surface area contributed by atoms with Gasteiger partial charge in [-0.25, -0.2) is 10.1 Å². The summed E-state index contributed by atoms with van der Waals surface area (Å²) in [6.07, 6.45) is 2.98. The standard InChI is InChI=1S/C27H29N7O2/c1-4-5-11-22-21(24(35)34-16-27(2,3)25(36)29-26(34)28-22)15-17-12-13-19(18-9-7-6-8-10-18)20(14-17)23-30-32-33-31-23/h6-10,12-14H,4-5,11,15-16H2,1-3H3,(H,28,29,36)(H,30,31,32,33). The summed E-state index contributed by atoms with van der Waals surface area (Å²) in [5.74, 6) is 0.782. The number of amides is 1. The SMILES string of the molecule is CCCCc1nc2n(c(=O)c1Cc1ccc(-c3ccccc3)c(-c3nnn[nH]3)c1)CC(C)(C)C(=O)N2. The van der Waals surface area contributed by atoms with Gasteiger partial charge in [0.2, 0.25) is 11.9 Å². The fraction of sp³-hybridized carbons (Fsp3) is 0.333. The molecule has 1 aliphatic rings. The highest BCUT2D eigenvalue weighted by molar-refractivity contribution is 5.94. The van der Waals surface area contributed by atoms with E-state index in [0.717, 1.165) is 40.8 Å². The van der Waals surface area contributed by atoms with Crippen molar-refractivity contribution in [3.8, 4) is 22.5 Å². The zero-order chi connectivity index (χ0) is 25.3. The van der Waals surface area contributed by atoms with Crippen LogP contribution in [0.5, 0.6) is 0 Å². The van der Waals surface area contributed by atoms with Crippen molar-refractivity contribution < 1.29 is 4.79 Å². The Morgan fingerprint density at radius 2 is 1.86 bits per heavy atom. The highest BCUT2D eigenvalue weighted by atomic mass is 16.2. The molecule has 1 aliphatic heterocycles. The number of carbonyl (C=O) groups is 1. The number of anilines is 1. The number of tetrazole rings is 1. The van der Waals surface area contributed by atoms with Crippen molar-refractivity contribution in [1.29, 1.82) is 0 Å². The van der Waals surface area contributed by atoms with E-state index in [1.165, 1.54) is 0 Å². The van der Waals surface area contributed by atoms with Gasteiger partial charge in [-0.2, -0.15) is 0 Å². The predicted octanol–water partition coefficient (Wildman–Crippen LogP) is 4.00. The number of unbranched alkanes of at least 4 members (excludes halogenated alkanes) is 1. The van der Waals surface area contributed by atoms with Gasteiger partial charge in [0.1, 0.15) is 0 Å². The number of aromatic nitrogens is 6. The second-order valence-electron chi connectivity index (χ2n) is 9.87. The first kappa shape index (κ1) is 23.6. The summed E-state index contributed by atoms with van der Waals surface area (Å²) >= 11 is 0. The number of fused-ring (bicyclic) bond motifs is 1. The van der Waals surface area contributed by atoms with Gasteiger partial charge < -0.3 is 0 Å². The van der Waals surface area contributed by atoms with E-state index in [1.807, 2.05) is 62.4 Å². The van der Waals surface area contributed by atoms with E-state index in [9.17, 15) is 9.59 Å². The van der Waals surface area contributed by atoms with Gasteiger partial charge in [0.25, 0.3) is 5.56 Å². The van der Waals surface area contributed by atoms with Gasteiger partial charge in [0.15, 0.2) is 5.82 Å². The summed E-state index contributed by atoms with van der Waals surface area (Å²) in [5.41, 5.74) is 4.47. The third-order valence-electron chi connectivity index (χ3n) is 6.66. The third-order valence-corrected chi connectivity index (χ3v) is 6.66. The topological polar surface area (TPSA) is 118 Å². The molecule has 0 atom stereocenters. The Morgan fingerprint density at radius 3 is 2.58 bits per heavy atom. The molecule has 0 spiro atoms. The minimum atomic E-state index is -0.690. The fourth-order valence-electron chi connectivity index (χ4n) is 4.59. The molecule has 0 bridgehead atoms. The number of nitrogens with one attached hydrogen (secondary N) is 2. The maximum Gasteiger partial charge on any atom is 0.258 e. The summed E-state index contributed by atoms with van der Waals surface area (Å²) in [6.45, 7) is 6.07. The maximum atomic E-state index is 13.7. The number of aromatic amines is 1. The lowest BCUT2D eigenvalue weighted by Crippen LogP contribution is -2.46. The summed E-state index contributed by atoms with van der Waals surface area (Å²) < 4.78 is 1.60. The van der Waals surface area contributed by atoms with Crippen molar-refractivity contribution in [2.75, 3.05) is 5.32 Å². The molecule has 9 nitrogen and oxygen atoms in total. The molecule has 0 aliphatic carbocycles. The normalized spacial score (nSPS) is 14.4. The van der Waals surface area contributed by atoms with Crippen LogP contribution in [0, 0.1) is 5.41 Å². The smallest absolute Gasteiger partial charge is 0.258 e. The lowest BCUT2D eigenvalue weighted by molar-refractivity contribution is -0.125. The third kappa shape index (κ3) is 4.44. The van der Waals surface area contributed by atoms with Gasteiger partial charge in [-0.05, 0) is 59.9 Å². The van der Waals surface area contributed by atoms with Crippen molar-refractivity contribution in [2.24, 2.45) is 5.41 Å². The molecule has 9 heteroatoms. The van der Waals surface area contributed by atoms with Crippen LogP contribution in [0.4, 0.5) is 5.95 Å². The molecule has 0 radical (unpaired) electrons. The lowest BCUT2D eigenvalue weighted by atomic mass is 9.90. The van der Waals surface area contributed by atoms with Gasteiger partial charge in [-0.1, -0.05) is 55.8 Å². The summed E-state index contributed by atoms with van der Waals surface area (Å²) in [6, 6.07) is 16.2. The molecule has 0 unspecified atom stereocenters. The molecule has 3 heterocycles. The zero-order valence-electron chi connectivity index (χ0n) is 20.7. The number of nitrogens with zero attached hydrogens (tertiary/aromatic N) is 5. The molecule has 2 N–H and O–H groups in total. The summed E-state index contributed by atoms with van der Waals surface area (Å²) in [5, 5.41) is 17.4. The van der Waals surface area contributed by atoms with Gasteiger partial charge in [0, 0.05) is 24.1 Å². The van der Waals surface area contributed by atoms with Gasteiger partial charge in [-0.15, -0.1) is 5.10 Å². The largest absolute Gasteiger partial charge is 0.295 e. The lowest BCUT2D eigenvalue weighted by Gasteiger charge is -2.31. The first-order chi connectivity index (χ1) is 17.4. The molecule has 2 aromatic carbocycles. The molecular formula is C27H29N7O2. The van der Waals surface area contributed by atoms with Crippen LogP contribution >= 0.6 is 0 Å². The second-order valence-corrected chi connectivity index (χ2v) is 9.87. The highest BCUT2D eigenvalue weighted by Gasteiger charge is 2.35. The monoisotopic (exact) mass is 483 g/mol. The fourth-order valence-corrected chi connectivity index (χ4v) is 4.59. The van der Waals surface area contributed by atoms with E-state index < -0.39 is 5.41 Å². The molecule has 0 saturated heterocycles. The van der Waals surface area contributed by atoms with Gasteiger partial charge in [-0.3, -0.25) is 19.5 Å². The Labute approximate surface area is 209 Å². The molecule has 1 amide bonds. The minimum Gasteiger partial charge on any atom is -0.295 e. The van der Waals surface area contributed by atoms with E-state index in [4.69, 9.17) is 4.98 Å². The summed E-state index contributed by atoms with van der Waals surface area (Å²) in [7, 11) is 0. The Kier molecular flexibility index (Phi) is 6.22. The number of carbonyl (C=O) groups excluding carboxylic acids is 1. The predicted molar refractivity (Wildman–Crippen MR) is 137 cm³/mol. The van der Waals surface area contributed by atoms with Crippen molar-refractivity contribution in [1.82, 2.24) is 30.2 Å². The molecular weight excluding hydrogens is 454 g/mol. The Bertz CT molecular complexity index is 1460. The van der Waals surface area contributed by atoms with Crippen LogP contribution in [0.2, 0.25) is 0 Å². The average Bonchev–Trinajstić information content (AvgIpc) is 3.42. The number of benzene rings is 2. The molecule has 4 aromatic rings. The van der Waals surface area contributed by atoms with Crippen LogP contribution in [0.25, 0.3) is 22.5 Å². The van der Waals surface area contributed by atoms with E-state index in [-0.39, 0.29) is 11.5 Å². The Morgan fingerprint density at radius 1 is 1.06 bits per heavy atom. The van der Waals surface area contributed by atoms with Crippen molar-refractivity contribution >= 4 is 11.9 Å². The van der Waals surface area contributed by atoms with Crippen LogP contribution < -0.4 is 10.9 Å². The van der Waals surface area contributed by atoms with Crippen LogP contribution in [-0.4, -0.2) is 36.1 Å². The van der Waals surface area contributed by atoms with E-state index in [1.54, 1.807) is 4.57 Å². The van der Waals surface area contributed by atoms with E-state index in [0.29, 0.717) is 36.7 Å². The van der Waals surface area contributed by atoms with Crippen LogP contribution in [0.1, 0.15) is 50.4 Å². The minimum absolute atomic E-state index is 0.103. The van der Waals surface area contributed by atoms with Crippen LogP contribution in [0.3, 0.4) is 0 Å². The molecule has 36 heavy (non-hydrogen) atoms. The van der Waals surface area contributed by atoms with Crippen molar-refractivity contribution in [2.45, 2.75) is 53.0 Å². The first-order valence-electron chi connectivity index (χ1n) is 12.2. The number of rotatable bonds is 7. The first-order valence-corrected chi connectivity index (χ1v) is 12.2. The van der Waals surface area contributed by atoms with Gasteiger partial charge >= 0.3 is 0 Å². The van der Waals surface area contributed by atoms with Crippen molar-refractivity contribution in [3.63, 3.8) is 0 Å². The quantitative estimate of drug-likeness (QED) is 0.410. The van der Waals surface area contributed by atoms with Crippen molar-refractivity contribution in [3.05, 3.63) is 75.7 Å². The number of hydrogen-bond donors (Lipinski definition) is 2. The second kappa shape index (κ2) is 9.49. The number of H-pyrrole nitrogens is 1. The molecule has 2 aromatic heterocycles. The molecule has 5 rings (SSSR count). The average molecular weight is 484 g/mol. The van der Waals surface area contributed by atoms with E-state index >= 15 is 0 Å². The maximum absolute atomic E-state index is 13.7. The number of aryl methyl sites for hydroxylation is 1. The molecule has 0 saturated carbocycles. The van der Waals surface area contributed by atoms with Gasteiger partial charge in [0.05, 0.1) is 11.1 Å². The zero-order valence-corrected chi connectivity index (χ0v) is 20.7. The van der Waals surface area contributed by atoms with E-state index in [2.05, 4.69) is 32.9 Å². The Hall–Kier alpha value is -4.14.